The van der Waals surface area contributed by atoms with Crippen LogP contribution in [0.15, 0.2) is 0 Å². The molecule has 5 radical (unpaired) electrons. The first-order valence-corrected chi connectivity index (χ1v) is 8.55. The van der Waals surface area contributed by atoms with Crippen molar-refractivity contribution in [2.45, 2.75) is 45.3 Å². The van der Waals surface area contributed by atoms with Crippen LogP contribution in [0.25, 0.3) is 0 Å². The second kappa shape index (κ2) is 4.97. The first-order valence-electron chi connectivity index (χ1n) is 8.55. The van der Waals surface area contributed by atoms with Gasteiger partial charge in [0.05, 0.1) is 11.7 Å². The number of nitrogens with zero attached hydrogens (tertiary/aromatic N) is 1. The largest absolute Gasteiger partial charge is 0.465 e. The van der Waals surface area contributed by atoms with Crippen molar-refractivity contribution in [1.82, 2.24) is 4.90 Å². The fraction of sp³-hybridized carbons (Fsp3) is 0.722. The van der Waals surface area contributed by atoms with Gasteiger partial charge < -0.3 is 14.2 Å². The van der Waals surface area contributed by atoms with Crippen LogP contribution in [-0.4, -0.2) is 44.4 Å². The van der Waals surface area contributed by atoms with Crippen molar-refractivity contribution in [1.29, 1.82) is 0 Å². The van der Waals surface area contributed by atoms with E-state index in [1.165, 1.54) is 18.2 Å². The van der Waals surface area contributed by atoms with Gasteiger partial charge in [0.1, 0.15) is 0 Å². The molecule has 0 amide bonds. The van der Waals surface area contributed by atoms with Crippen LogP contribution in [-0.2, 0) is 9.31 Å². The Hall–Kier alpha value is -0.0551. The Morgan fingerprint density at radius 3 is 2.68 bits per heavy atom. The fourth-order valence-corrected chi connectivity index (χ4v) is 5.18. The zero-order chi connectivity index (χ0) is 15.7. The summed E-state index contributed by atoms with van der Waals surface area (Å²) in [5.74, 6) is 3.98. The summed E-state index contributed by atoms with van der Waals surface area (Å²) in [4.78, 5) is 2.20. The van der Waals surface area contributed by atoms with E-state index >= 15 is 0 Å². The van der Waals surface area contributed by atoms with E-state index in [0.29, 0.717) is 11.3 Å². The Balaban J connectivity index is 1.50. The van der Waals surface area contributed by atoms with Crippen LogP contribution in [0.4, 0.5) is 0 Å². The van der Waals surface area contributed by atoms with Gasteiger partial charge in [-0.05, 0) is 76.3 Å². The van der Waals surface area contributed by atoms with Crippen LogP contribution in [0.3, 0.4) is 0 Å². The highest BCUT2D eigenvalue weighted by Crippen LogP contribution is 2.66. The number of hydrogen-bond acceptors (Lipinski definition) is 3. The predicted molar refractivity (Wildman–Crippen MR) is 88.1 cm³/mol. The third-order valence-electron chi connectivity index (χ3n) is 6.63. The van der Waals surface area contributed by atoms with Gasteiger partial charge in [-0.15, -0.1) is 0 Å². The Kier molecular flexibility index (Phi) is 3.50. The molecule has 22 heavy (non-hydrogen) atoms. The second-order valence-corrected chi connectivity index (χ2v) is 8.54. The average molecular weight is 300 g/mol. The zero-order valence-corrected chi connectivity index (χ0v) is 14.4. The highest BCUT2D eigenvalue weighted by molar-refractivity contribution is 6.54. The smallest absolute Gasteiger partial charge is 0.405 e. The van der Waals surface area contributed by atoms with Gasteiger partial charge in [0.15, 0.2) is 0 Å². The molecule has 3 nitrogen and oxygen atoms in total. The molecule has 1 saturated heterocycles. The van der Waals surface area contributed by atoms with Crippen LogP contribution in [0.5, 0.6) is 0 Å². The average Bonchev–Trinajstić information content (AvgIpc) is 2.99. The Labute approximate surface area is 136 Å². The quantitative estimate of drug-likeness (QED) is 0.748. The van der Waals surface area contributed by atoms with Crippen molar-refractivity contribution >= 4 is 7.12 Å². The van der Waals surface area contributed by atoms with E-state index in [-0.39, 0.29) is 18.8 Å². The van der Waals surface area contributed by atoms with Gasteiger partial charge in [-0.2, -0.15) is 0 Å². The van der Waals surface area contributed by atoms with Gasteiger partial charge in [-0.3, -0.25) is 0 Å². The summed E-state index contributed by atoms with van der Waals surface area (Å²) in [5, 5.41) is 0. The van der Waals surface area contributed by atoms with Crippen LogP contribution in [0.2, 0.25) is 0 Å². The highest BCUT2D eigenvalue weighted by Gasteiger charge is 2.68. The minimum Gasteiger partial charge on any atom is -0.405 e. The molecule has 4 heteroatoms. The van der Waals surface area contributed by atoms with Crippen molar-refractivity contribution in [2.75, 3.05) is 20.6 Å². The van der Waals surface area contributed by atoms with Crippen LogP contribution in [0, 0.1) is 48.2 Å². The summed E-state index contributed by atoms with van der Waals surface area (Å²) in [5.41, 5.74) is 0.289. The summed E-state index contributed by atoms with van der Waals surface area (Å²) in [6, 6.07) is 0. The number of rotatable bonds is 3. The van der Waals surface area contributed by atoms with E-state index in [2.05, 4.69) is 59.0 Å². The molecule has 0 aromatic rings. The van der Waals surface area contributed by atoms with Gasteiger partial charge in [-0.1, -0.05) is 13.8 Å². The first-order chi connectivity index (χ1) is 10.3. The van der Waals surface area contributed by atoms with Gasteiger partial charge in [0.25, 0.3) is 0 Å². The highest BCUT2D eigenvalue weighted by atomic mass is 16.7. The van der Waals surface area contributed by atoms with Gasteiger partial charge in [0.2, 0.25) is 0 Å². The maximum Gasteiger partial charge on any atom is 0.465 e. The summed E-state index contributed by atoms with van der Waals surface area (Å²) < 4.78 is 13.0. The molecule has 4 saturated carbocycles. The molecule has 4 aliphatic carbocycles. The first kappa shape index (κ1) is 15.5. The molecule has 0 unspecified atom stereocenters. The molecule has 4 atom stereocenters. The van der Waals surface area contributed by atoms with Crippen molar-refractivity contribution in [3.8, 4) is 0 Å². The molecular formula is C18H27BNO2. The molecule has 0 aromatic heterocycles. The lowest BCUT2D eigenvalue weighted by atomic mass is 9.43. The van der Waals surface area contributed by atoms with Gasteiger partial charge in [0, 0.05) is 12.4 Å². The van der Waals surface area contributed by atoms with Crippen molar-refractivity contribution in [3.05, 3.63) is 31.0 Å². The van der Waals surface area contributed by atoms with E-state index in [1.807, 2.05) is 0 Å². The lowest BCUT2D eigenvalue weighted by Gasteiger charge is -2.64. The summed E-state index contributed by atoms with van der Waals surface area (Å²) in [6.07, 6.45) is 9.20. The molecule has 2 bridgehead atoms. The zero-order valence-electron chi connectivity index (χ0n) is 14.4. The molecule has 0 spiro atoms. The van der Waals surface area contributed by atoms with Crippen LogP contribution >= 0.6 is 0 Å². The molecule has 5 fully saturated rings. The minimum atomic E-state index is -0.185. The maximum absolute atomic E-state index is 6.56. The Morgan fingerprint density at radius 2 is 2.00 bits per heavy atom. The standard InChI is InChI=1S/C18H27BNO2/c1-17(2)13-9-15(17)18(3)16(10-13)21-19(22-18)14-8-6-7-12(14)11-20(4)5/h6-8,13,15-16H,9-11H2,1-5H3/t13-,15-,16+,18-/m0/s1. The third-order valence-corrected chi connectivity index (χ3v) is 6.63. The van der Waals surface area contributed by atoms with Crippen LogP contribution in [0.1, 0.15) is 33.6 Å². The molecule has 1 aliphatic heterocycles. The van der Waals surface area contributed by atoms with Crippen LogP contribution < -0.4 is 0 Å². The molecule has 0 aromatic carbocycles. The van der Waals surface area contributed by atoms with E-state index in [4.69, 9.17) is 9.31 Å². The number of hydrogen-bond donors (Lipinski definition) is 0. The summed E-state index contributed by atoms with van der Waals surface area (Å²) >= 11 is 0. The van der Waals surface area contributed by atoms with E-state index in [9.17, 15) is 0 Å². The monoisotopic (exact) mass is 300 g/mol. The lowest BCUT2D eigenvalue weighted by Crippen LogP contribution is -2.65. The maximum atomic E-state index is 6.56. The molecule has 5 aliphatic rings. The van der Waals surface area contributed by atoms with Gasteiger partial charge in [-0.25, -0.2) is 0 Å². The minimum absolute atomic E-state index is 0.116. The molecule has 5 rings (SSSR count). The molecule has 1 heterocycles. The second-order valence-electron chi connectivity index (χ2n) is 8.54. The van der Waals surface area contributed by atoms with Gasteiger partial charge >= 0.3 is 7.12 Å². The fourth-order valence-electron chi connectivity index (χ4n) is 5.18. The van der Waals surface area contributed by atoms with E-state index in [0.717, 1.165) is 18.9 Å². The van der Waals surface area contributed by atoms with Crippen molar-refractivity contribution < 1.29 is 9.31 Å². The molecular weight excluding hydrogens is 273 g/mol. The summed E-state index contributed by atoms with van der Waals surface area (Å²) in [6.45, 7) is 8.03. The van der Waals surface area contributed by atoms with E-state index < -0.39 is 0 Å². The summed E-state index contributed by atoms with van der Waals surface area (Å²) in [7, 11) is 4.02. The van der Waals surface area contributed by atoms with Crippen molar-refractivity contribution in [2.24, 2.45) is 17.3 Å². The van der Waals surface area contributed by atoms with E-state index in [1.54, 1.807) is 0 Å². The molecule has 119 valence electrons. The normalized spacial score (nSPS) is 44.5. The van der Waals surface area contributed by atoms with Crippen molar-refractivity contribution in [3.63, 3.8) is 0 Å². The SMILES string of the molecule is CN(C)C[C]1[CH][CH][CH][C]1B1O[C@@H]2C[C@@H]3C[C@@H](C3(C)C)[C@]2(C)O1. The predicted octanol–water partition coefficient (Wildman–Crippen LogP) is 2.59. The Bertz CT molecular complexity index is 454. The lowest BCUT2D eigenvalue weighted by molar-refractivity contribution is -0.199. The Morgan fingerprint density at radius 1 is 1.23 bits per heavy atom. The molecule has 0 N–H and O–H groups in total. The topological polar surface area (TPSA) is 21.7 Å². The third kappa shape index (κ3) is 2.06.